The average molecular weight is 383 g/mol. The predicted octanol–water partition coefficient (Wildman–Crippen LogP) is 6.87. The standard InChI is InChI=1S/C24H14OS2/c25-27-23-8-4-2-6-19(23)20-12-10-16(14-24(20)27)15-9-11-18-17-5-1-3-7-21(17)26-22(18)13-15/h1-14H. The molecule has 1 aliphatic heterocycles. The molecule has 3 heteroatoms. The smallest absolute Gasteiger partial charge is 0.0862 e. The summed E-state index contributed by atoms with van der Waals surface area (Å²) >= 11 is 1.83. The molecule has 128 valence electrons. The Morgan fingerprint density at radius 3 is 2.26 bits per heavy atom. The predicted molar refractivity (Wildman–Crippen MR) is 115 cm³/mol. The van der Waals surface area contributed by atoms with Crippen molar-refractivity contribution in [3.05, 3.63) is 84.9 Å². The highest BCUT2D eigenvalue weighted by Crippen LogP contribution is 2.43. The van der Waals surface area contributed by atoms with Gasteiger partial charge in [0.1, 0.15) is 0 Å². The zero-order valence-electron chi connectivity index (χ0n) is 14.3. The van der Waals surface area contributed by atoms with Crippen LogP contribution in [0, 0.1) is 0 Å². The molecule has 1 aromatic heterocycles. The fourth-order valence-electron chi connectivity index (χ4n) is 3.95. The summed E-state index contributed by atoms with van der Waals surface area (Å²) in [4.78, 5) is 1.84. The molecule has 0 N–H and O–H groups in total. The maximum Gasteiger partial charge on any atom is 0.0862 e. The minimum absolute atomic E-state index is 0.921. The van der Waals surface area contributed by atoms with E-state index >= 15 is 0 Å². The highest BCUT2D eigenvalue weighted by atomic mass is 32.2. The third kappa shape index (κ3) is 2.19. The number of thiophene rings is 1. The summed E-state index contributed by atoms with van der Waals surface area (Å²) in [6.45, 7) is 0. The molecule has 27 heavy (non-hydrogen) atoms. The zero-order valence-corrected chi connectivity index (χ0v) is 15.9. The Bertz CT molecular complexity index is 1390. The number of benzene rings is 4. The van der Waals surface area contributed by atoms with Gasteiger partial charge in [-0.25, -0.2) is 4.21 Å². The second-order valence-corrected chi connectivity index (χ2v) is 9.29. The maximum absolute atomic E-state index is 12.9. The van der Waals surface area contributed by atoms with Crippen LogP contribution in [0.1, 0.15) is 0 Å². The van der Waals surface area contributed by atoms with Crippen molar-refractivity contribution in [1.29, 1.82) is 0 Å². The molecule has 1 aliphatic rings. The van der Waals surface area contributed by atoms with E-state index in [9.17, 15) is 4.21 Å². The average Bonchev–Trinajstić information content (AvgIpc) is 3.23. The summed E-state index contributed by atoms with van der Waals surface area (Å²) in [5.41, 5.74) is 4.48. The van der Waals surface area contributed by atoms with Gasteiger partial charge in [0.05, 0.1) is 20.6 Å². The van der Waals surface area contributed by atoms with Crippen LogP contribution in [0.15, 0.2) is 94.7 Å². The van der Waals surface area contributed by atoms with Crippen LogP contribution in [0.3, 0.4) is 0 Å². The van der Waals surface area contributed by atoms with Crippen molar-refractivity contribution in [3.8, 4) is 22.3 Å². The molecule has 6 rings (SSSR count). The van der Waals surface area contributed by atoms with Gasteiger partial charge < -0.3 is 0 Å². The molecule has 0 fully saturated rings. The van der Waals surface area contributed by atoms with Gasteiger partial charge in [-0.1, -0.05) is 60.7 Å². The van der Waals surface area contributed by atoms with Gasteiger partial charge in [-0.2, -0.15) is 0 Å². The largest absolute Gasteiger partial charge is 0.249 e. The van der Waals surface area contributed by atoms with E-state index in [2.05, 4.69) is 66.7 Å². The topological polar surface area (TPSA) is 17.1 Å². The quantitative estimate of drug-likeness (QED) is 0.303. The summed E-state index contributed by atoms with van der Waals surface area (Å²) in [7, 11) is -1.09. The molecule has 5 aromatic rings. The minimum atomic E-state index is -1.09. The SMILES string of the molecule is O=S1c2ccccc2-c2ccc(-c3ccc4c(c3)sc3ccccc34)cc21. The molecule has 0 spiro atoms. The van der Waals surface area contributed by atoms with E-state index in [4.69, 9.17) is 0 Å². The van der Waals surface area contributed by atoms with Gasteiger partial charge in [0.15, 0.2) is 0 Å². The summed E-state index contributed by atoms with van der Waals surface area (Å²) in [6.07, 6.45) is 0. The Balaban J connectivity index is 1.52. The fourth-order valence-corrected chi connectivity index (χ4v) is 6.53. The van der Waals surface area contributed by atoms with Crippen LogP contribution in [-0.2, 0) is 10.8 Å². The first-order valence-electron chi connectivity index (χ1n) is 8.86. The molecule has 2 heterocycles. The van der Waals surface area contributed by atoms with Crippen molar-refractivity contribution in [3.63, 3.8) is 0 Å². The molecule has 1 unspecified atom stereocenters. The summed E-state index contributed by atoms with van der Waals surface area (Å²) in [6, 6.07) is 29.5. The van der Waals surface area contributed by atoms with E-state index in [1.807, 2.05) is 29.5 Å². The van der Waals surface area contributed by atoms with E-state index < -0.39 is 10.8 Å². The van der Waals surface area contributed by atoms with Crippen LogP contribution in [-0.4, -0.2) is 4.21 Å². The highest BCUT2D eigenvalue weighted by molar-refractivity contribution is 7.85. The van der Waals surface area contributed by atoms with E-state index in [-0.39, 0.29) is 0 Å². The van der Waals surface area contributed by atoms with E-state index in [0.29, 0.717) is 0 Å². The van der Waals surface area contributed by atoms with Gasteiger partial charge in [0.25, 0.3) is 0 Å². The van der Waals surface area contributed by atoms with E-state index in [0.717, 1.165) is 26.5 Å². The van der Waals surface area contributed by atoms with Crippen LogP contribution >= 0.6 is 11.3 Å². The monoisotopic (exact) mass is 382 g/mol. The summed E-state index contributed by atoms with van der Waals surface area (Å²) in [5, 5.41) is 2.62. The van der Waals surface area contributed by atoms with E-state index in [1.54, 1.807) is 0 Å². The Morgan fingerprint density at radius 1 is 0.593 bits per heavy atom. The molecular formula is C24H14OS2. The minimum Gasteiger partial charge on any atom is -0.249 e. The van der Waals surface area contributed by atoms with Crippen molar-refractivity contribution >= 4 is 42.3 Å². The van der Waals surface area contributed by atoms with Crippen molar-refractivity contribution in [2.45, 2.75) is 9.79 Å². The summed E-state index contributed by atoms with van der Waals surface area (Å²) in [5.74, 6) is 0. The van der Waals surface area contributed by atoms with Gasteiger partial charge in [0.2, 0.25) is 0 Å². The van der Waals surface area contributed by atoms with Crippen molar-refractivity contribution < 1.29 is 4.21 Å². The second kappa shape index (κ2) is 5.62. The van der Waals surface area contributed by atoms with Gasteiger partial charge >= 0.3 is 0 Å². The molecule has 0 saturated heterocycles. The molecule has 0 amide bonds. The molecule has 0 radical (unpaired) electrons. The third-order valence-electron chi connectivity index (χ3n) is 5.27. The Labute approximate surface area is 163 Å². The highest BCUT2D eigenvalue weighted by Gasteiger charge is 2.25. The van der Waals surface area contributed by atoms with E-state index in [1.165, 1.54) is 25.7 Å². The molecule has 1 nitrogen and oxygen atoms in total. The normalized spacial score (nSPS) is 15.2. The Morgan fingerprint density at radius 2 is 1.30 bits per heavy atom. The number of rotatable bonds is 1. The number of fused-ring (bicyclic) bond motifs is 6. The van der Waals surface area contributed by atoms with Gasteiger partial charge in [-0.15, -0.1) is 11.3 Å². The zero-order chi connectivity index (χ0) is 18.0. The Kier molecular flexibility index (Phi) is 3.19. The molecule has 0 aliphatic carbocycles. The first-order chi connectivity index (χ1) is 13.3. The van der Waals surface area contributed by atoms with Crippen molar-refractivity contribution in [2.24, 2.45) is 0 Å². The summed E-state index contributed by atoms with van der Waals surface area (Å²) < 4.78 is 15.5. The maximum atomic E-state index is 12.9. The lowest BCUT2D eigenvalue weighted by Crippen LogP contribution is -1.87. The molecule has 1 atom stereocenters. The molecule has 0 saturated carbocycles. The second-order valence-electron chi connectivity index (χ2n) is 6.78. The fraction of sp³-hybridized carbons (Fsp3) is 0. The van der Waals surface area contributed by atoms with Crippen LogP contribution < -0.4 is 0 Å². The van der Waals surface area contributed by atoms with Gasteiger partial charge in [-0.3, -0.25) is 0 Å². The Hall–Kier alpha value is -2.75. The lowest BCUT2D eigenvalue weighted by molar-refractivity contribution is 0.685. The number of hydrogen-bond donors (Lipinski definition) is 0. The third-order valence-corrected chi connectivity index (χ3v) is 7.90. The molecular weight excluding hydrogens is 368 g/mol. The lowest BCUT2D eigenvalue weighted by atomic mass is 9.99. The van der Waals surface area contributed by atoms with Crippen LogP contribution in [0.25, 0.3) is 42.4 Å². The van der Waals surface area contributed by atoms with Gasteiger partial charge in [0, 0.05) is 20.2 Å². The van der Waals surface area contributed by atoms with Gasteiger partial charge in [-0.05, 0) is 46.5 Å². The number of hydrogen-bond acceptors (Lipinski definition) is 2. The molecule has 4 aromatic carbocycles. The lowest BCUT2D eigenvalue weighted by Gasteiger charge is -2.05. The van der Waals surface area contributed by atoms with Crippen LogP contribution in [0.4, 0.5) is 0 Å². The molecule has 0 bridgehead atoms. The van der Waals surface area contributed by atoms with Crippen LogP contribution in [0.5, 0.6) is 0 Å². The van der Waals surface area contributed by atoms with Crippen LogP contribution in [0.2, 0.25) is 0 Å². The van der Waals surface area contributed by atoms with Crippen molar-refractivity contribution in [2.75, 3.05) is 0 Å². The first kappa shape index (κ1) is 15.3. The first-order valence-corrected chi connectivity index (χ1v) is 10.8. The van der Waals surface area contributed by atoms with Crippen molar-refractivity contribution in [1.82, 2.24) is 0 Å².